The zero-order valence-corrected chi connectivity index (χ0v) is 18.1. The number of thioether (sulfide) groups is 1. The van der Waals surface area contributed by atoms with Crippen LogP contribution < -0.4 is 4.74 Å². The summed E-state index contributed by atoms with van der Waals surface area (Å²) in [6.07, 6.45) is 0. The van der Waals surface area contributed by atoms with Crippen molar-refractivity contribution in [3.8, 4) is 17.1 Å². The summed E-state index contributed by atoms with van der Waals surface area (Å²) < 4.78 is 11.0. The topological polar surface area (TPSA) is 59.7 Å². The van der Waals surface area contributed by atoms with Gasteiger partial charge in [-0.15, -0.1) is 11.8 Å². The lowest BCUT2D eigenvalue weighted by molar-refractivity contribution is -0.138. The molecule has 0 bridgehead atoms. The number of aryl methyl sites for hydroxylation is 1. The molecular formula is C23H23ClO4S. The number of furan rings is 1. The molecule has 0 aliphatic carbocycles. The lowest BCUT2D eigenvalue weighted by Crippen LogP contribution is -2.27. The third kappa shape index (κ3) is 5.58. The van der Waals surface area contributed by atoms with Crippen LogP contribution in [0, 0.1) is 6.92 Å². The largest absolute Gasteiger partial charge is 0.489 e. The molecule has 0 saturated heterocycles. The fourth-order valence-corrected chi connectivity index (χ4v) is 3.59. The van der Waals surface area contributed by atoms with Crippen molar-refractivity contribution in [2.75, 3.05) is 0 Å². The SMILES string of the molecule is Cc1oc(-c2ccc(Cl)cc2)cc1COc1cccc(CSC(C)(C)C(=O)O)c1. The molecule has 2 aromatic carbocycles. The maximum absolute atomic E-state index is 11.3. The number of carboxylic acid groups (broad SMARTS) is 1. The van der Waals surface area contributed by atoms with E-state index in [1.165, 1.54) is 11.8 Å². The Kier molecular flexibility index (Phi) is 6.60. The van der Waals surface area contributed by atoms with Gasteiger partial charge < -0.3 is 14.3 Å². The number of hydrogen-bond donors (Lipinski definition) is 1. The van der Waals surface area contributed by atoms with E-state index in [9.17, 15) is 9.90 Å². The fraction of sp³-hybridized carbons (Fsp3) is 0.261. The highest BCUT2D eigenvalue weighted by molar-refractivity contribution is 8.00. The molecule has 1 aromatic heterocycles. The van der Waals surface area contributed by atoms with Crippen molar-refractivity contribution in [3.05, 3.63) is 76.5 Å². The summed E-state index contributed by atoms with van der Waals surface area (Å²) >= 11 is 7.34. The molecule has 0 spiro atoms. The molecule has 0 saturated carbocycles. The maximum Gasteiger partial charge on any atom is 0.319 e. The van der Waals surface area contributed by atoms with Gasteiger partial charge in [0.05, 0.1) is 0 Å². The van der Waals surface area contributed by atoms with E-state index in [1.807, 2.05) is 61.5 Å². The molecule has 4 nitrogen and oxygen atoms in total. The number of halogens is 1. The van der Waals surface area contributed by atoms with Crippen molar-refractivity contribution in [3.63, 3.8) is 0 Å². The Bertz CT molecular complexity index is 992. The average Bonchev–Trinajstić information content (AvgIpc) is 3.06. The summed E-state index contributed by atoms with van der Waals surface area (Å²) in [6.45, 7) is 5.72. The van der Waals surface area contributed by atoms with Crippen LogP contribution in [0.2, 0.25) is 5.02 Å². The van der Waals surface area contributed by atoms with E-state index < -0.39 is 10.7 Å². The molecule has 1 heterocycles. The van der Waals surface area contributed by atoms with Crippen molar-refractivity contribution < 1.29 is 19.1 Å². The van der Waals surface area contributed by atoms with Crippen LogP contribution in [0.15, 0.2) is 59.0 Å². The van der Waals surface area contributed by atoms with E-state index in [1.54, 1.807) is 13.8 Å². The van der Waals surface area contributed by atoms with Gasteiger partial charge in [-0.1, -0.05) is 23.7 Å². The monoisotopic (exact) mass is 430 g/mol. The first kappa shape index (κ1) is 21.3. The highest BCUT2D eigenvalue weighted by Gasteiger charge is 2.27. The summed E-state index contributed by atoms with van der Waals surface area (Å²) in [5.41, 5.74) is 2.96. The second-order valence-corrected chi connectivity index (χ2v) is 9.27. The van der Waals surface area contributed by atoms with E-state index >= 15 is 0 Å². The van der Waals surface area contributed by atoms with Crippen LogP contribution in [0.5, 0.6) is 5.75 Å². The standard InChI is InChI=1S/C23H23ClO4S/c1-15-18(12-21(28-15)17-7-9-19(24)10-8-17)13-27-20-6-4-5-16(11-20)14-29-23(2,3)22(25)26/h4-12H,13-14H2,1-3H3,(H,25,26). The molecule has 1 N–H and O–H groups in total. The van der Waals surface area contributed by atoms with Gasteiger partial charge in [-0.3, -0.25) is 4.79 Å². The fourth-order valence-electron chi connectivity index (χ4n) is 2.63. The number of carbonyl (C=O) groups is 1. The first-order valence-corrected chi connectivity index (χ1v) is 10.6. The minimum Gasteiger partial charge on any atom is -0.489 e. The van der Waals surface area contributed by atoms with Crippen molar-refractivity contribution in [1.82, 2.24) is 0 Å². The van der Waals surface area contributed by atoms with Gasteiger partial charge in [0.1, 0.15) is 28.6 Å². The number of hydrogen-bond acceptors (Lipinski definition) is 4. The van der Waals surface area contributed by atoms with Gasteiger partial charge in [0, 0.05) is 21.9 Å². The van der Waals surface area contributed by atoms with Crippen molar-refractivity contribution in [2.45, 2.75) is 37.9 Å². The molecule has 0 aliphatic heterocycles. The predicted octanol–water partition coefficient (Wildman–Crippen LogP) is 6.58. The van der Waals surface area contributed by atoms with Crippen LogP contribution in [0.3, 0.4) is 0 Å². The zero-order valence-electron chi connectivity index (χ0n) is 16.6. The Morgan fingerprint density at radius 2 is 1.90 bits per heavy atom. The van der Waals surface area contributed by atoms with Gasteiger partial charge in [0.15, 0.2) is 0 Å². The van der Waals surface area contributed by atoms with Crippen molar-refractivity contribution in [2.24, 2.45) is 0 Å². The van der Waals surface area contributed by atoms with Crippen LogP contribution in [0.4, 0.5) is 0 Å². The number of benzene rings is 2. The maximum atomic E-state index is 11.3. The summed E-state index contributed by atoms with van der Waals surface area (Å²) in [6, 6.07) is 17.2. The van der Waals surface area contributed by atoms with Crippen molar-refractivity contribution >= 4 is 29.3 Å². The van der Waals surface area contributed by atoms with Gasteiger partial charge >= 0.3 is 5.97 Å². The smallest absolute Gasteiger partial charge is 0.319 e. The summed E-state index contributed by atoms with van der Waals surface area (Å²) in [5, 5.41) is 9.93. The highest BCUT2D eigenvalue weighted by atomic mass is 35.5. The number of ether oxygens (including phenoxy) is 1. The molecule has 152 valence electrons. The molecular weight excluding hydrogens is 408 g/mol. The molecule has 29 heavy (non-hydrogen) atoms. The molecule has 0 fully saturated rings. The predicted molar refractivity (Wildman–Crippen MR) is 118 cm³/mol. The Morgan fingerprint density at radius 3 is 2.59 bits per heavy atom. The van der Waals surface area contributed by atoms with Crippen LogP contribution in [0.25, 0.3) is 11.3 Å². The molecule has 0 aliphatic rings. The lowest BCUT2D eigenvalue weighted by atomic mass is 10.1. The molecule has 3 rings (SSSR count). The molecule has 0 amide bonds. The van der Waals surface area contributed by atoms with Crippen LogP contribution in [-0.4, -0.2) is 15.8 Å². The molecule has 0 unspecified atom stereocenters. The van der Waals surface area contributed by atoms with E-state index in [4.69, 9.17) is 20.8 Å². The second kappa shape index (κ2) is 8.97. The second-order valence-electron chi connectivity index (χ2n) is 7.24. The molecule has 3 aromatic rings. The van der Waals surface area contributed by atoms with Crippen LogP contribution >= 0.6 is 23.4 Å². The first-order chi connectivity index (χ1) is 13.7. The third-order valence-corrected chi connectivity index (χ3v) is 6.18. The van der Waals surface area contributed by atoms with E-state index in [0.29, 0.717) is 17.4 Å². The number of aliphatic carboxylic acids is 1. The quantitative estimate of drug-likeness (QED) is 0.437. The normalized spacial score (nSPS) is 11.4. The van der Waals surface area contributed by atoms with Gasteiger partial charge in [0.2, 0.25) is 0 Å². The Morgan fingerprint density at radius 1 is 1.17 bits per heavy atom. The minimum absolute atomic E-state index is 0.389. The van der Waals surface area contributed by atoms with E-state index in [-0.39, 0.29) is 0 Å². The van der Waals surface area contributed by atoms with Gasteiger partial charge in [-0.05, 0) is 68.8 Å². The molecule has 0 atom stereocenters. The Hall–Kier alpha value is -2.37. The minimum atomic E-state index is -0.831. The van der Waals surface area contributed by atoms with Crippen LogP contribution in [-0.2, 0) is 17.2 Å². The number of rotatable bonds is 8. The van der Waals surface area contributed by atoms with E-state index in [0.717, 1.165) is 34.0 Å². The highest BCUT2D eigenvalue weighted by Crippen LogP contribution is 2.30. The zero-order chi connectivity index (χ0) is 21.0. The third-order valence-electron chi connectivity index (χ3n) is 4.56. The first-order valence-electron chi connectivity index (χ1n) is 9.19. The lowest BCUT2D eigenvalue weighted by Gasteiger charge is -2.18. The molecule has 0 radical (unpaired) electrons. The van der Waals surface area contributed by atoms with Crippen LogP contribution in [0.1, 0.15) is 30.7 Å². The average molecular weight is 431 g/mol. The van der Waals surface area contributed by atoms with Gasteiger partial charge in [-0.25, -0.2) is 0 Å². The Labute approximate surface area is 179 Å². The summed E-state index contributed by atoms with van der Waals surface area (Å²) in [4.78, 5) is 11.3. The van der Waals surface area contributed by atoms with Gasteiger partial charge in [-0.2, -0.15) is 0 Å². The summed E-state index contributed by atoms with van der Waals surface area (Å²) in [5.74, 6) is 2.11. The molecule has 6 heteroatoms. The van der Waals surface area contributed by atoms with Crippen molar-refractivity contribution in [1.29, 1.82) is 0 Å². The van der Waals surface area contributed by atoms with Gasteiger partial charge in [0.25, 0.3) is 0 Å². The van der Waals surface area contributed by atoms with E-state index in [2.05, 4.69) is 0 Å². The number of carboxylic acids is 1. The Balaban J connectivity index is 1.64. The summed E-state index contributed by atoms with van der Waals surface area (Å²) in [7, 11) is 0.